The number of hydrogen-bond acceptors (Lipinski definition) is 2. The Kier molecular flexibility index (Phi) is 4.25. The van der Waals surface area contributed by atoms with Gasteiger partial charge in [0.1, 0.15) is 0 Å². The van der Waals surface area contributed by atoms with Crippen molar-refractivity contribution in [1.29, 1.82) is 0 Å². The molecular formula is C14H18ClNO2. The van der Waals surface area contributed by atoms with Gasteiger partial charge in [0.05, 0.1) is 0 Å². The van der Waals surface area contributed by atoms with Crippen LogP contribution in [0, 0.1) is 12.8 Å². The van der Waals surface area contributed by atoms with Crippen LogP contribution in [0.2, 0.25) is 5.02 Å². The molecule has 0 radical (unpaired) electrons. The van der Waals surface area contributed by atoms with E-state index < -0.39 is 0 Å². The second-order valence-corrected chi connectivity index (χ2v) is 5.38. The summed E-state index contributed by atoms with van der Waals surface area (Å²) in [4.78, 5) is 12.1. The van der Waals surface area contributed by atoms with E-state index in [9.17, 15) is 4.79 Å². The Morgan fingerprint density at radius 2 is 2.22 bits per heavy atom. The molecule has 1 aliphatic rings. The molecule has 0 bridgehead atoms. The van der Waals surface area contributed by atoms with Crippen molar-refractivity contribution in [3.63, 3.8) is 0 Å². The minimum absolute atomic E-state index is 0.0850. The van der Waals surface area contributed by atoms with Crippen molar-refractivity contribution >= 4 is 17.5 Å². The number of aliphatic hydroxyl groups is 1. The molecular weight excluding hydrogens is 250 g/mol. The molecule has 98 valence electrons. The van der Waals surface area contributed by atoms with Crippen LogP contribution in [0.4, 0.5) is 0 Å². The average molecular weight is 268 g/mol. The number of carbonyl (C=O) groups excluding carboxylic acids is 1. The van der Waals surface area contributed by atoms with Crippen LogP contribution < -0.4 is 5.32 Å². The van der Waals surface area contributed by atoms with Gasteiger partial charge in [0, 0.05) is 23.2 Å². The fraction of sp³-hybridized carbons (Fsp3) is 0.500. The number of aryl methyl sites for hydroxylation is 1. The number of halogens is 1. The average Bonchev–Trinajstić information content (AvgIpc) is 3.10. The summed E-state index contributed by atoms with van der Waals surface area (Å²) in [5.74, 6) is 0.423. The number of amides is 1. The van der Waals surface area contributed by atoms with Crippen molar-refractivity contribution in [3.05, 3.63) is 34.3 Å². The van der Waals surface area contributed by atoms with Gasteiger partial charge in [0.25, 0.3) is 5.91 Å². The molecule has 1 aromatic rings. The standard InChI is InChI=1S/C14H18ClNO2/c1-9-6-11(8-12(15)7-9)14(18)16-13(4-5-17)10-2-3-10/h6-8,10,13,17H,2-5H2,1H3,(H,16,18). The normalized spacial score (nSPS) is 16.4. The summed E-state index contributed by atoms with van der Waals surface area (Å²) in [6.45, 7) is 2.02. The van der Waals surface area contributed by atoms with Gasteiger partial charge in [0.15, 0.2) is 0 Å². The molecule has 0 spiro atoms. The highest BCUT2D eigenvalue weighted by molar-refractivity contribution is 6.31. The second-order valence-electron chi connectivity index (χ2n) is 4.95. The highest BCUT2D eigenvalue weighted by Crippen LogP contribution is 2.34. The van der Waals surface area contributed by atoms with Crippen LogP contribution in [0.25, 0.3) is 0 Å². The first-order valence-corrected chi connectivity index (χ1v) is 6.67. The molecule has 1 fully saturated rings. The van der Waals surface area contributed by atoms with Gasteiger partial charge in [-0.05, 0) is 55.9 Å². The van der Waals surface area contributed by atoms with E-state index in [1.807, 2.05) is 19.1 Å². The van der Waals surface area contributed by atoms with E-state index in [-0.39, 0.29) is 18.6 Å². The molecule has 1 amide bonds. The Hall–Kier alpha value is -1.06. The predicted octanol–water partition coefficient (Wildman–Crippen LogP) is 2.54. The van der Waals surface area contributed by atoms with Crippen molar-refractivity contribution < 1.29 is 9.90 Å². The minimum atomic E-state index is -0.106. The number of rotatable bonds is 5. The molecule has 0 heterocycles. The summed E-state index contributed by atoms with van der Waals surface area (Å²) in [5, 5.41) is 12.6. The van der Waals surface area contributed by atoms with E-state index in [2.05, 4.69) is 5.32 Å². The summed E-state index contributed by atoms with van der Waals surface area (Å²) in [6.07, 6.45) is 2.90. The van der Waals surface area contributed by atoms with Crippen LogP contribution in [0.3, 0.4) is 0 Å². The lowest BCUT2D eigenvalue weighted by Gasteiger charge is -2.17. The smallest absolute Gasteiger partial charge is 0.251 e. The number of carbonyl (C=O) groups is 1. The molecule has 1 unspecified atom stereocenters. The first kappa shape index (κ1) is 13.4. The molecule has 1 saturated carbocycles. The topological polar surface area (TPSA) is 49.3 Å². The highest BCUT2D eigenvalue weighted by atomic mass is 35.5. The van der Waals surface area contributed by atoms with Crippen molar-refractivity contribution in [1.82, 2.24) is 5.32 Å². The van der Waals surface area contributed by atoms with E-state index in [1.165, 1.54) is 0 Å². The monoisotopic (exact) mass is 267 g/mol. The van der Waals surface area contributed by atoms with E-state index in [1.54, 1.807) is 6.07 Å². The van der Waals surface area contributed by atoms with Crippen LogP contribution in [-0.4, -0.2) is 23.7 Å². The third kappa shape index (κ3) is 3.47. The molecule has 0 saturated heterocycles. The van der Waals surface area contributed by atoms with Crippen LogP contribution in [0.1, 0.15) is 35.2 Å². The van der Waals surface area contributed by atoms with Crippen LogP contribution >= 0.6 is 11.6 Å². The molecule has 1 aliphatic carbocycles. The third-order valence-corrected chi connectivity index (χ3v) is 3.47. The summed E-state index contributed by atoms with van der Waals surface area (Å²) in [6, 6.07) is 5.41. The fourth-order valence-electron chi connectivity index (χ4n) is 2.18. The lowest BCUT2D eigenvalue weighted by molar-refractivity contribution is 0.0924. The second kappa shape index (κ2) is 5.72. The molecule has 2 N–H and O–H groups in total. The predicted molar refractivity (Wildman–Crippen MR) is 71.9 cm³/mol. The van der Waals surface area contributed by atoms with Gasteiger partial charge in [-0.3, -0.25) is 4.79 Å². The molecule has 0 aromatic heterocycles. The van der Waals surface area contributed by atoms with E-state index in [0.717, 1.165) is 18.4 Å². The zero-order valence-corrected chi connectivity index (χ0v) is 11.2. The number of hydrogen-bond donors (Lipinski definition) is 2. The van der Waals surface area contributed by atoms with Gasteiger partial charge in [-0.1, -0.05) is 11.6 Å². The van der Waals surface area contributed by atoms with Crippen molar-refractivity contribution in [3.8, 4) is 0 Å². The maximum atomic E-state index is 12.1. The lowest BCUT2D eigenvalue weighted by atomic mass is 10.1. The van der Waals surface area contributed by atoms with E-state index in [4.69, 9.17) is 16.7 Å². The Morgan fingerprint density at radius 1 is 1.50 bits per heavy atom. The van der Waals surface area contributed by atoms with Crippen molar-refractivity contribution in [2.75, 3.05) is 6.61 Å². The Bertz CT molecular complexity index is 423. The molecule has 3 nitrogen and oxygen atoms in total. The van der Waals surface area contributed by atoms with Crippen molar-refractivity contribution in [2.24, 2.45) is 5.92 Å². The summed E-state index contributed by atoms with van der Waals surface area (Å²) in [5.41, 5.74) is 1.56. The third-order valence-electron chi connectivity index (χ3n) is 3.25. The number of aliphatic hydroxyl groups excluding tert-OH is 1. The summed E-state index contributed by atoms with van der Waals surface area (Å²) >= 11 is 5.95. The largest absolute Gasteiger partial charge is 0.396 e. The van der Waals surface area contributed by atoms with Gasteiger partial charge >= 0.3 is 0 Å². The molecule has 1 atom stereocenters. The van der Waals surface area contributed by atoms with Gasteiger partial charge < -0.3 is 10.4 Å². The zero-order chi connectivity index (χ0) is 13.1. The van der Waals surface area contributed by atoms with Gasteiger partial charge in [-0.2, -0.15) is 0 Å². The Balaban J connectivity index is 2.05. The first-order chi connectivity index (χ1) is 8.60. The lowest BCUT2D eigenvalue weighted by Crippen LogP contribution is -2.37. The summed E-state index contributed by atoms with van der Waals surface area (Å²) in [7, 11) is 0. The van der Waals surface area contributed by atoms with Gasteiger partial charge in [-0.15, -0.1) is 0 Å². The van der Waals surface area contributed by atoms with E-state index >= 15 is 0 Å². The number of benzene rings is 1. The molecule has 18 heavy (non-hydrogen) atoms. The molecule has 2 rings (SSSR count). The molecule has 1 aromatic carbocycles. The maximum Gasteiger partial charge on any atom is 0.251 e. The summed E-state index contributed by atoms with van der Waals surface area (Å²) < 4.78 is 0. The molecule has 0 aliphatic heterocycles. The van der Waals surface area contributed by atoms with Gasteiger partial charge in [0.2, 0.25) is 0 Å². The Morgan fingerprint density at radius 3 is 2.78 bits per heavy atom. The zero-order valence-electron chi connectivity index (χ0n) is 10.4. The highest BCUT2D eigenvalue weighted by Gasteiger charge is 2.31. The van der Waals surface area contributed by atoms with Crippen LogP contribution in [-0.2, 0) is 0 Å². The number of nitrogens with one attached hydrogen (secondary N) is 1. The first-order valence-electron chi connectivity index (χ1n) is 6.29. The quantitative estimate of drug-likeness (QED) is 0.861. The SMILES string of the molecule is Cc1cc(Cl)cc(C(=O)NC(CCO)C2CC2)c1. The van der Waals surface area contributed by atoms with E-state index in [0.29, 0.717) is 22.9 Å². The Labute approximate surface area is 112 Å². The maximum absolute atomic E-state index is 12.1. The fourth-order valence-corrected chi connectivity index (χ4v) is 2.47. The van der Waals surface area contributed by atoms with Crippen LogP contribution in [0.15, 0.2) is 18.2 Å². The molecule has 4 heteroatoms. The van der Waals surface area contributed by atoms with Gasteiger partial charge in [-0.25, -0.2) is 0 Å². The minimum Gasteiger partial charge on any atom is -0.396 e. The van der Waals surface area contributed by atoms with Crippen molar-refractivity contribution in [2.45, 2.75) is 32.2 Å². The van der Waals surface area contributed by atoms with Crippen LogP contribution in [0.5, 0.6) is 0 Å².